The van der Waals surface area contributed by atoms with Crippen LogP contribution in [0.1, 0.15) is 39.5 Å². The van der Waals surface area contributed by atoms with Crippen LogP contribution in [0.5, 0.6) is 0 Å². The lowest BCUT2D eigenvalue weighted by Crippen LogP contribution is -2.45. The fourth-order valence-corrected chi connectivity index (χ4v) is 3.92. The number of guanidine groups is 1. The van der Waals surface area contributed by atoms with Crippen molar-refractivity contribution in [3.05, 3.63) is 0 Å². The fraction of sp³-hybridized carbons (Fsp3) is 0.947. The maximum atomic E-state index is 5.42. The molecule has 2 fully saturated rings. The summed E-state index contributed by atoms with van der Waals surface area (Å²) in [5.41, 5.74) is 0. The molecule has 0 aromatic heterocycles. The Bertz CT molecular complexity index is 374. The summed E-state index contributed by atoms with van der Waals surface area (Å²) >= 11 is 0. The molecule has 0 spiro atoms. The first-order valence-electron chi connectivity index (χ1n) is 9.80. The molecule has 2 aliphatic rings. The van der Waals surface area contributed by atoms with Gasteiger partial charge in [-0.15, -0.1) is 0 Å². The minimum absolute atomic E-state index is 0.615. The zero-order valence-corrected chi connectivity index (χ0v) is 16.3. The molecule has 0 aromatic rings. The number of rotatable bonds is 6. The van der Waals surface area contributed by atoms with Crippen LogP contribution in [0.3, 0.4) is 0 Å². The number of aliphatic imine (C=N–C) groups is 1. The molecule has 1 N–H and O–H groups in total. The Morgan fingerprint density at radius 3 is 2.54 bits per heavy atom. The minimum Gasteiger partial charge on any atom is -0.379 e. The highest BCUT2D eigenvalue weighted by Gasteiger charge is 2.21. The summed E-state index contributed by atoms with van der Waals surface area (Å²) in [5, 5.41) is 3.57. The van der Waals surface area contributed by atoms with Crippen LogP contribution in [0.2, 0.25) is 0 Å². The second-order valence-electron chi connectivity index (χ2n) is 7.95. The quantitative estimate of drug-likeness (QED) is 0.596. The zero-order valence-electron chi connectivity index (χ0n) is 16.3. The highest BCUT2D eigenvalue weighted by atomic mass is 16.5. The van der Waals surface area contributed by atoms with Crippen molar-refractivity contribution in [3.8, 4) is 0 Å². The van der Waals surface area contributed by atoms with Crippen LogP contribution >= 0.6 is 0 Å². The summed E-state index contributed by atoms with van der Waals surface area (Å²) in [6.45, 7) is 11.8. The van der Waals surface area contributed by atoms with Gasteiger partial charge in [-0.2, -0.15) is 0 Å². The Morgan fingerprint density at radius 1 is 1.25 bits per heavy atom. The van der Waals surface area contributed by atoms with Crippen LogP contribution < -0.4 is 5.32 Å². The highest BCUT2D eigenvalue weighted by molar-refractivity contribution is 5.79. The molecule has 2 rings (SSSR count). The SMILES string of the molecule is CN=C(NCC(C)CN1CCOCC1)N(C)CC1CCC(C)CC1. The van der Waals surface area contributed by atoms with Gasteiger partial charge in [-0.3, -0.25) is 9.89 Å². The lowest BCUT2D eigenvalue weighted by atomic mass is 9.83. The van der Waals surface area contributed by atoms with Gasteiger partial charge in [0.05, 0.1) is 13.2 Å². The van der Waals surface area contributed by atoms with E-state index in [0.717, 1.165) is 63.7 Å². The number of hydrogen-bond acceptors (Lipinski definition) is 3. The van der Waals surface area contributed by atoms with Gasteiger partial charge in [-0.05, 0) is 30.6 Å². The summed E-state index contributed by atoms with van der Waals surface area (Å²) < 4.78 is 5.42. The van der Waals surface area contributed by atoms with Crippen molar-refractivity contribution in [1.29, 1.82) is 0 Å². The maximum absolute atomic E-state index is 5.42. The number of ether oxygens (including phenoxy) is 1. The number of nitrogens with one attached hydrogen (secondary N) is 1. The summed E-state index contributed by atoms with van der Waals surface area (Å²) in [6.07, 6.45) is 5.52. The smallest absolute Gasteiger partial charge is 0.193 e. The van der Waals surface area contributed by atoms with Gasteiger partial charge < -0.3 is 15.0 Å². The summed E-state index contributed by atoms with van der Waals surface area (Å²) in [6, 6.07) is 0. The minimum atomic E-state index is 0.615. The molecule has 5 heteroatoms. The number of hydrogen-bond donors (Lipinski definition) is 1. The van der Waals surface area contributed by atoms with E-state index in [1.807, 2.05) is 7.05 Å². The van der Waals surface area contributed by atoms with Crippen molar-refractivity contribution in [2.75, 3.05) is 60.0 Å². The highest BCUT2D eigenvalue weighted by Crippen LogP contribution is 2.28. The van der Waals surface area contributed by atoms with Gasteiger partial charge in [0.1, 0.15) is 0 Å². The third-order valence-corrected chi connectivity index (χ3v) is 5.52. The standard InChI is InChI=1S/C19H38N4O/c1-16-5-7-18(8-6-16)15-22(4)19(20-3)21-13-17(2)14-23-9-11-24-12-10-23/h16-18H,5-15H2,1-4H3,(H,20,21). The fourth-order valence-electron chi connectivity index (χ4n) is 3.92. The summed E-state index contributed by atoms with van der Waals surface area (Å²) in [4.78, 5) is 9.31. The molecular formula is C19H38N4O. The monoisotopic (exact) mass is 338 g/mol. The van der Waals surface area contributed by atoms with E-state index in [-0.39, 0.29) is 0 Å². The molecule has 1 saturated carbocycles. The molecule has 1 saturated heterocycles. The summed E-state index contributed by atoms with van der Waals surface area (Å²) in [7, 11) is 4.08. The predicted octanol–water partition coefficient (Wildman–Crippen LogP) is 2.29. The van der Waals surface area contributed by atoms with Crippen LogP contribution in [-0.2, 0) is 4.74 Å². The summed E-state index contributed by atoms with van der Waals surface area (Å²) in [5.74, 6) is 3.41. The molecule has 140 valence electrons. The topological polar surface area (TPSA) is 40.1 Å². The Balaban J connectivity index is 1.68. The van der Waals surface area contributed by atoms with E-state index in [1.165, 1.54) is 25.7 Å². The zero-order chi connectivity index (χ0) is 17.4. The van der Waals surface area contributed by atoms with Gasteiger partial charge in [-0.25, -0.2) is 0 Å². The van der Waals surface area contributed by atoms with E-state index in [2.05, 4.69) is 41.0 Å². The molecule has 0 amide bonds. The molecule has 1 aliphatic heterocycles. The molecule has 1 aliphatic carbocycles. The van der Waals surface area contributed by atoms with Gasteiger partial charge in [0.2, 0.25) is 0 Å². The maximum Gasteiger partial charge on any atom is 0.193 e. The molecule has 0 aromatic carbocycles. The molecular weight excluding hydrogens is 300 g/mol. The van der Waals surface area contributed by atoms with Crippen LogP contribution in [0.15, 0.2) is 4.99 Å². The molecule has 0 radical (unpaired) electrons. The number of nitrogens with zero attached hydrogens (tertiary/aromatic N) is 3. The van der Waals surface area contributed by atoms with Gasteiger partial charge in [-0.1, -0.05) is 26.7 Å². The van der Waals surface area contributed by atoms with Crippen molar-refractivity contribution in [2.45, 2.75) is 39.5 Å². The first kappa shape index (κ1) is 19.5. The molecule has 1 unspecified atom stereocenters. The molecule has 1 atom stereocenters. The van der Waals surface area contributed by atoms with E-state index in [0.29, 0.717) is 5.92 Å². The van der Waals surface area contributed by atoms with Crippen molar-refractivity contribution in [3.63, 3.8) is 0 Å². The Labute approximate surface area is 148 Å². The predicted molar refractivity (Wildman–Crippen MR) is 102 cm³/mol. The van der Waals surface area contributed by atoms with E-state index >= 15 is 0 Å². The largest absolute Gasteiger partial charge is 0.379 e. The van der Waals surface area contributed by atoms with Crippen molar-refractivity contribution < 1.29 is 4.74 Å². The van der Waals surface area contributed by atoms with Crippen LogP contribution in [0.25, 0.3) is 0 Å². The Morgan fingerprint density at radius 2 is 1.92 bits per heavy atom. The second kappa shape index (κ2) is 10.2. The number of morpholine rings is 1. The van der Waals surface area contributed by atoms with Crippen LogP contribution in [0.4, 0.5) is 0 Å². The van der Waals surface area contributed by atoms with Crippen molar-refractivity contribution >= 4 is 5.96 Å². The van der Waals surface area contributed by atoms with Crippen molar-refractivity contribution in [2.24, 2.45) is 22.7 Å². The molecule has 0 bridgehead atoms. The normalized spacial score (nSPS) is 27.8. The Hall–Kier alpha value is -0.810. The molecule has 1 heterocycles. The van der Waals surface area contributed by atoms with Gasteiger partial charge in [0, 0.05) is 46.8 Å². The second-order valence-corrected chi connectivity index (χ2v) is 7.95. The first-order chi connectivity index (χ1) is 11.6. The van der Waals surface area contributed by atoms with Gasteiger partial charge >= 0.3 is 0 Å². The molecule has 24 heavy (non-hydrogen) atoms. The van der Waals surface area contributed by atoms with Crippen LogP contribution in [0, 0.1) is 17.8 Å². The van der Waals surface area contributed by atoms with E-state index < -0.39 is 0 Å². The van der Waals surface area contributed by atoms with Crippen LogP contribution in [-0.4, -0.2) is 75.8 Å². The third kappa shape index (κ3) is 6.60. The third-order valence-electron chi connectivity index (χ3n) is 5.52. The van der Waals surface area contributed by atoms with Crippen molar-refractivity contribution in [1.82, 2.24) is 15.1 Å². The first-order valence-corrected chi connectivity index (χ1v) is 9.80. The average molecular weight is 339 g/mol. The molecule has 5 nitrogen and oxygen atoms in total. The lowest BCUT2D eigenvalue weighted by molar-refractivity contribution is 0.0320. The van der Waals surface area contributed by atoms with Gasteiger partial charge in [0.15, 0.2) is 5.96 Å². The van der Waals surface area contributed by atoms with E-state index in [1.54, 1.807) is 0 Å². The van der Waals surface area contributed by atoms with E-state index in [4.69, 9.17) is 4.74 Å². The van der Waals surface area contributed by atoms with E-state index in [9.17, 15) is 0 Å². The lowest BCUT2D eigenvalue weighted by Gasteiger charge is -2.32. The average Bonchev–Trinajstić information content (AvgIpc) is 2.58. The van der Waals surface area contributed by atoms with Gasteiger partial charge in [0.25, 0.3) is 0 Å². The Kier molecular flexibility index (Phi) is 8.33.